The minimum absolute atomic E-state index is 0.190. The Hall–Kier alpha value is -0.570. The van der Waals surface area contributed by atoms with Gasteiger partial charge in [0.05, 0.1) is 7.11 Å². The lowest BCUT2D eigenvalue weighted by Crippen LogP contribution is -2.37. The average Bonchev–Trinajstić information content (AvgIpc) is 2.13. The molecular weight excluding hydrogens is 166 g/mol. The Morgan fingerprint density at radius 2 is 2.08 bits per heavy atom. The summed E-state index contributed by atoms with van der Waals surface area (Å²) in [6, 6.07) is -0.190. The van der Waals surface area contributed by atoms with Crippen molar-refractivity contribution in [2.24, 2.45) is 5.92 Å². The molecule has 0 bridgehead atoms. The van der Waals surface area contributed by atoms with E-state index < -0.39 is 0 Å². The number of esters is 1. The summed E-state index contributed by atoms with van der Waals surface area (Å²) in [5.74, 6) is 0.431. The summed E-state index contributed by atoms with van der Waals surface area (Å²) < 4.78 is 4.60. The smallest absolute Gasteiger partial charge is 0.322 e. The van der Waals surface area contributed by atoms with Gasteiger partial charge in [-0.05, 0) is 25.8 Å². The Labute approximate surface area is 80.8 Å². The van der Waals surface area contributed by atoms with E-state index in [2.05, 4.69) is 23.9 Å². The van der Waals surface area contributed by atoms with Gasteiger partial charge in [-0.3, -0.25) is 4.79 Å². The van der Waals surface area contributed by atoms with Crippen molar-refractivity contribution < 1.29 is 9.53 Å². The summed E-state index contributed by atoms with van der Waals surface area (Å²) in [7, 11) is 1.41. The molecule has 1 N–H and O–H groups in total. The number of carbonyl (C=O) groups excluding carboxylic acids is 1. The predicted molar refractivity (Wildman–Crippen MR) is 53.6 cm³/mol. The van der Waals surface area contributed by atoms with Crippen molar-refractivity contribution in [3.8, 4) is 0 Å². The zero-order chi connectivity index (χ0) is 10.3. The Morgan fingerprint density at radius 1 is 1.46 bits per heavy atom. The third kappa shape index (κ3) is 5.64. The van der Waals surface area contributed by atoms with E-state index in [-0.39, 0.29) is 12.0 Å². The van der Waals surface area contributed by atoms with Crippen LogP contribution in [0.4, 0.5) is 0 Å². The monoisotopic (exact) mass is 187 g/mol. The molecule has 3 heteroatoms. The zero-order valence-corrected chi connectivity index (χ0v) is 9.09. The van der Waals surface area contributed by atoms with E-state index in [1.165, 1.54) is 20.0 Å². The van der Waals surface area contributed by atoms with Gasteiger partial charge in [0.15, 0.2) is 0 Å². The van der Waals surface area contributed by atoms with E-state index in [0.717, 1.165) is 6.54 Å². The topological polar surface area (TPSA) is 38.3 Å². The molecule has 2 atom stereocenters. The summed E-state index contributed by atoms with van der Waals surface area (Å²) in [6.45, 7) is 7.05. The molecule has 13 heavy (non-hydrogen) atoms. The van der Waals surface area contributed by atoms with E-state index in [1.54, 1.807) is 0 Å². The van der Waals surface area contributed by atoms with Crippen LogP contribution in [0.25, 0.3) is 0 Å². The maximum absolute atomic E-state index is 11.0. The van der Waals surface area contributed by atoms with Crippen molar-refractivity contribution in [1.82, 2.24) is 5.32 Å². The first-order chi connectivity index (χ1) is 6.11. The third-order valence-electron chi connectivity index (χ3n) is 2.11. The molecule has 2 unspecified atom stereocenters. The normalized spacial score (nSPS) is 15.1. The quantitative estimate of drug-likeness (QED) is 0.641. The van der Waals surface area contributed by atoms with E-state index in [1.807, 2.05) is 6.92 Å². The molecule has 0 saturated carbocycles. The van der Waals surface area contributed by atoms with E-state index in [0.29, 0.717) is 5.92 Å². The molecule has 0 amide bonds. The first-order valence-electron chi connectivity index (χ1n) is 4.93. The number of hydrogen-bond donors (Lipinski definition) is 1. The van der Waals surface area contributed by atoms with Crippen LogP contribution in [0, 0.1) is 5.92 Å². The molecule has 0 fully saturated rings. The zero-order valence-electron chi connectivity index (χ0n) is 9.09. The average molecular weight is 187 g/mol. The van der Waals surface area contributed by atoms with Crippen molar-refractivity contribution in [3.05, 3.63) is 0 Å². The maximum atomic E-state index is 11.0. The van der Waals surface area contributed by atoms with E-state index >= 15 is 0 Å². The minimum Gasteiger partial charge on any atom is -0.468 e. The molecule has 0 aromatic rings. The number of methoxy groups -OCH3 is 1. The molecule has 0 radical (unpaired) electrons. The molecular formula is C10H21NO2. The Morgan fingerprint density at radius 3 is 2.54 bits per heavy atom. The van der Waals surface area contributed by atoms with Gasteiger partial charge in [-0.25, -0.2) is 0 Å². The molecule has 3 nitrogen and oxygen atoms in total. The summed E-state index contributed by atoms with van der Waals surface area (Å²) in [6.07, 6.45) is 2.39. The Kier molecular flexibility index (Phi) is 6.59. The molecule has 0 aromatic carbocycles. The molecule has 0 spiro atoms. The van der Waals surface area contributed by atoms with Crippen LogP contribution >= 0.6 is 0 Å². The highest BCUT2D eigenvalue weighted by atomic mass is 16.5. The van der Waals surface area contributed by atoms with Crippen LogP contribution in [-0.4, -0.2) is 25.7 Å². The van der Waals surface area contributed by atoms with Gasteiger partial charge in [0.2, 0.25) is 0 Å². The van der Waals surface area contributed by atoms with Crippen molar-refractivity contribution in [3.63, 3.8) is 0 Å². The van der Waals surface area contributed by atoms with Crippen molar-refractivity contribution in [2.75, 3.05) is 13.7 Å². The van der Waals surface area contributed by atoms with Crippen molar-refractivity contribution >= 4 is 5.97 Å². The SMILES string of the molecule is CCCC(C)CNC(C)C(=O)OC. The van der Waals surface area contributed by atoms with Gasteiger partial charge in [0, 0.05) is 0 Å². The Balaban J connectivity index is 3.56. The van der Waals surface area contributed by atoms with Gasteiger partial charge >= 0.3 is 5.97 Å². The fourth-order valence-corrected chi connectivity index (χ4v) is 1.23. The van der Waals surface area contributed by atoms with Gasteiger partial charge in [0.1, 0.15) is 6.04 Å². The standard InChI is InChI=1S/C10H21NO2/c1-5-6-8(2)7-11-9(3)10(12)13-4/h8-9,11H,5-7H2,1-4H3. The van der Waals surface area contributed by atoms with Gasteiger partial charge in [0.25, 0.3) is 0 Å². The molecule has 0 aliphatic heterocycles. The molecule has 0 aliphatic carbocycles. The van der Waals surface area contributed by atoms with Crippen LogP contribution in [-0.2, 0) is 9.53 Å². The summed E-state index contributed by atoms with van der Waals surface area (Å²) in [5, 5.41) is 3.14. The molecule has 78 valence electrons. The number of ether oxygens (including phenoxy) is 1. The summed E-state index contributed by atoms with van der Waals surface area (Å²) in [5.41, 5.74) is 0. The lowest BCUT2D eigenvalue weighted by Gasteiger charge is -2.15. The van der Waals surface area contributed by atoms with E-state index in [4.69, 9.17) is 0 Å². The Bertz CT molecular complexity index is 148. The number of rotatable bonds is 6. The summed E-state index contributed by atoms with van der Waals surface area (Å²) >= 11 is 0. The first kappa shape index (κ1) is 12.4. The highest BCUT2D eigenvalue weighted by molar-refractivity contribution is 5.74. The predicted octanol–water partition coefficient (Wildman–Crippen LogP) is 1.57. The van der Waals surface area contributed by atoms with Crippen LogP contribution in [0.15, 0.2) is 0 Å². The van der Waals surface area contributed by atoms with Gasteiger partial charge in [-0.15, -0.1) is 0 Å². The van der Waals surface area contributed by atoms with Crippen LogP contribution in [0.2, 0.25) is 0 Å². The highest BCUT2D eigenvalue weighted by Gasteiger charge is 2.12. The van der Waals surface area contributed by atoms with Gasteiger partial charge in [-0.2, -0.15) is 0 Å². The maximum Gasteiger partial charge on any atom is 0.322 e. The van der Waals surface area contributed by atoms with Crippen LogP contribution in [0.5, 0.6) is 0 Å². The lowest BCUT2D eigenvalue weighted by molar-refractivity contribution is -0.142. The number of carbonyl (C=O) groups is 1. The van der Waals surface area contributed by atoms with Crippen molar-refractivity contribution in [1.29, 1.82) is 0 Å². The fraction of sp³-hybridized carbons (Fsp3) is 0.900. The van der Waals surface area contributed by atoms with Crippen LogP contribution in [0.1, 0.15) is 33.6 Å². The molecule has 0 saturated heterocycles. The second kappa shape index (κ2) is 6.89. The number of nitrogens with one attached hydrogen (secondary N) is 1. The second-order valence-electron chi connectivity index (χ2n) is 3.55. The highest BCUT2D eigenvalue weighted by Crippen LogP contribution is 2.03. The molecule has 0 aliphatic rings. The van der Waals surface area contributed by atoms with Crippen LogP contribution in [0.3, 0.4) is 0 Å². The summed E-state index contributed by atoms with van der Waals surface area (Å²) in [4.78, 5) is 11.0. The van der Waals surface area contributed by atoms with Crippen molar-refractivity contribution in [2.45, 2.75) is 39.7 Å². The molecule has 0 rings (SSSR count). The largest absolute Gasteiger partial charge is 0.468 e. The second-order valence-corrected chi connectivity index (χ2v) is 3.55. The lowest BCUT2D eigenvalue weighted by atomic mass is 10.1. The number of hydrogen-bond acceptors (Lipinski definition) is 3. The first-order valence-corrected chi connectivity index (χ1v) is 4.93. The third-order valence-corrected chi connectivity index (χ3v) is 2.11. The minimum atomic E-state index is -0.191. The van der Waals surface area contributed by atoms with Gasteiger partial charge < -0.3 is 10.1 Å². The van der Waals surface area contributed by atoms with E-state index in [9.17, 15) is 4.79 Å². The van der Waals surface area contributed by atoms with Crippen LogP contribution < -0.4 is 5.32 Å². The molecule has 0 heterocycles. The molecule has 0 aromatic heterocycles. The van der Waals surface area contributed by atoms with Gasteiger partial charge in [-0.1, -0.05) is 20.3 Å². The fourth-order valence-electron chi connectivity index (χ4n) is 1.23.